The van der Waals surface area contributed by atoms with Crippen LogP contribution in [0.4, 0.5) is 10.1 Å². The maximum atomic E-state index is 12.9. The Bertz CT molecular complexity index is 871. The minimum absolute atomic E-state index is 0.304. The second-order valence-corrected chi connectivity index (χ2v) is 8.42. The molecule has 0 aliphatic rings. The molecule has 0 saturated heterocycles. The van der Waals surface area contributed by atoms with Crippen LogP contribution >= 0.6 is 11.6 Å². The zero-order chi connectivity index (χ0) is 20.0. The van der Waals surface area contributed by atoms with Crippen LogP contribution in [0, 0.1) is 5.82 Å². The number of sulfonamides is 1. The van der Waals surface area contributed by atoms with Crippen molar-refractivity contribution < 1.29 is 17.6 Å². The van der Waals surface area contributed by atoms with Crippen molar-refractivity contribution in [3.05, 3.63) is 64.9 Å². The minimum Gasteiger partial charge on any atom is -0.354 e. The summed E-state index contributed by atoms with van der Waals surface area (Å²) in [6.07, 6.45) is 1.89. The highest BCUT2D eigenvalue weighted by Gasteiger charge is 2.31. The Kier molecular flexibility index (Phi) is 7.21. The van der Waals surface area contributed by atoms with Crippen LogP contribution in [0.1, 0.15) is 18.9 Å². The van der Waals surface area contributed by atoms with Gasteiger partial charge in [-0.1, -0.05) is 30.7 Å². The number of nitrogens with zero attached hydrogens (tertiary/aromatic N) is 1. The van der Waals surface area contributed by atoms with Crippen LogP contribution in [0.15, 0.2) is 48.5 Å². The number of amides is 1. The first-order valence-electron chi connectivity index (χ1n) is 8.49. The summed E-state index contributed by atoms with van der Waals surface area (Å²) in [6.45, 7) is 2.07. The predicted molar refractivity (Wildman–Crippen MR) is 106 cm³/mol. The molecule has 0 heterocycles. The lowest BCUT2D eigenvalue weighted by Gasteiger charge is -2.30. The van der Waals surface area contributed by atoms with Crippen LogP contribution in [0.25, 0.3) is 0 Å². The summed E-state index contributed by atoms with van der Waals surface area (Å²) in [5.41, 5.74) is 1.25. The van der Waals surface area contributed by atoms with Gasteiger partial charge in [0.1, 0.15) is 11.9 Å². The molecule has 0 aliphatic carbocycles. The van der Waals surface area contributed by atoms with Crippen molar-refractivity contribution in [2.75, 3.05) is 17.1 Å². The monoisotopic (exact) mass is 412 g/mol. The average molecular weight is 413 g/mol. The van der Waals surface area contributed by atoms with Crippen molar-refractivity contribution in [1.82, 2.24) is 5.32 Å². The van der Waals surface area contributed by atoms with E-state index in [0.717, 1.165) is 16.1 Å². The molecule has 0 aliphatic heterocycles. The average Bonchev–Trinajstić information content (AvgIpc) is 2.61. The molecule has 2 aromatic carbocycles. The minimum atomic E-state index is -3.68. The van der Waals surface area contributed by atoms with Gasteiger partial charge in [0.05, 0.1) is 11.9 Å². The van der Waals surface area contributed by atoms with Gasteiger partial charge >= 0.3 is 0 Å². The summed E-state index contributed by atoms with van der Waals surface area (Å²) in [6, 6.07) is 11.4. The van der Waals surface area contributed by atoms with Gasteiger partial charge in [0, 0.05) is 11.6 Å². The van der Waals surface area contributed by atoms with Gasteiger partial charge in [0.25, 0.3) is 0 Å². The fourth-order valence-electron chi connectivity index (χ4n) is 2.75. The van der Waals surface area contributed by atoms with Crippen molar-refractivity contribution in [1.29, 1.82) is 0 Å². The van der Waals surface area contributed by atoms with Gasteiger partial charge < -0.3 is 5.32 Å². The number of hydrogen-bond donors (Lipinski definition) is 1. The third-order valence-electron chi connectivity index (χ3n) is 4.04. The van der Waals surface area contributed by atoms with Crippen LogP contribution in [0.3, 0.4) is 0 Å². The number of carbonyl (C=O) groups excluding carboxylic acids is 1. The van der Waals surface area contributed by atoms with Gasteiger partial charge in [-0.3, -0.25) is 9.10 Å². The quantitative estimate of drug-likeness (QED) is 0.722. The molecule has 8 heteroatoms. The smallest absolute Gasteiger partial charge is 0.243 e. The number of hydrogen-bond acceptors (Lipinski definition) is 3. The van der Waals surface area contributed by atoms with Gasteiger partial charge in [-0.2, -0.15) is 0 Å². The summed E-state index contributed by atoms with van der Waals surface area (Å²) < 4.78 is 38.7. The zero-order valence-electron chi connectivity index (χ0n) is 15.2. The van der Waals surface area contributed by atoms with Gasteiger partial charge in [0.15, 0.2) is 0 Å². The summed E-state index contributed by atoms with van der Waals surface area (Å²) in [5, 5.41) is 3.24. The Morgan fingerprint density at radius 2 is 1.74 bits per heavy atom. The van der Waals surface area contributed by atoms with E-state index < -0.39 is 16.1 Å². The van der Waals surface area contributed by atoms with E-state index in [9.17, 15) is 17.6 Å². The molecule has 146 valence electrons. The second kappa shape index (κ2) is 9.19. The molecule has 0 radical (unpaired) electrons. The first-order valence-corrected chi connectivity index (χ1v) is 10.7. The van der Waals surface area contributed by atoms with E-state index in [0.29, 0.717) is 30.1 Å². The molecular formula is C19H22ClFN2O3S. The third kappa shape index (κ3) is 5.94. The molecule has 0 aromatic heterocycles. The van der Waals surface area contributed by atoms with E-state index in [1.807, 2.05) is 0 Å². The Hall–Kier alpha value is -2.12. The van der Waals surface area contributed by atoms with E-state index in [2.05, 4.69) is 5.32 Å². The maximum absolute atomic E-state index is 12.9. The number of nitrogens with one attached hydrogen (secondary N) is 1. The largest absolute Gasteiger partial charge is 0.354 e. The molecule has 1 atom stereocenters. The van der Waals surface area contributed by atoms with Crippen molar-refractivity contribution >= 4 is 33.2 Å². The van der Waals surface area contributed by atoms with Gasteiger partial charge in [-0.25, -0.2) is 12.8 Å². The van der Waals surface area contributed by atoms with Gasteiger partial charge in [-0.15, -0.1) is 0 Å². The highest BCUT2D eigenvalue weighted by Crippen LogP contribution is 2.24. The van der Waals surface area contributed by atoms with Crippen LogP contribution in [0.2, 0.25) is 5.02 Å². The van der Waals surface area contributed by atoms with Crippen molar-refractivity contribution in [2.45, 2.75) is 25.8 Å². The lowest BCUT2D eigenvalue weighted by molar-refractivity contribution is -0.122. The SMILES string of the molecule is CCC(C(=O)NCCc1ccc(F)cc1)N(c1ccc(Cl)cc1)S(C)(=O)=O. The topological polar surface area (TPSA) is 66.5 Å². The number of carbonyl (C=O) groups is 1. The lowest BCUT2D eigenvalue weighted by Crippen LogP contribution is -2.49. The summed E-state index contributed by atoms with van der Waals surface area (Å²) in [4.78, 5) is 12.6. The van der Waals surface area contributed by atoms with E-state index in [4.69, 9.17) is 11.6 Å². The summed E-state index contributed by atoms with van der Waals surface area (Å²) >= 11 is 5.87. The molecule has 1 amide bonds. The molecule has 5 nitrogen and oxygen atoms in total. The molecule has 0 saturated carbocycles. The van der Waals surface area contributed by atoms with E-state index in [1.165, 1.54) is 12.1 Å². The molecule has 27 heavy (non-hydrogen) atoms. The van der Waals surface area contributed by atoms with Gasteiger partial charge in [-0.05, 0) is 54.8 Å². The highest BCUT2D eigenvalue weighted by molar-refractivity contribution is 7.92. The van der Waals surface area contributed by atoms with Crippen LogP contribution in [-0.4, -0.2) is 33.2 Å². The molecule has 2 aromatic rings. The fraction of sp³-hybridized carbons (Fsp3) is 0.316. The number of anilines is 1. The molecule has 2 rings (SSSR count). The van der Waals surface area contributed by atoms with E-state index in [1.54, 1.807) is 43.3 Å². The van der Waals surface area contributed by atoms with E-state index >= 15 is 0 Å². The fourth-order valence-corrected chi connectivity index (χ4v) is 4.08. The van der Waals surface area contributed by atoms with Crippen molar-refractivity contribution in [3.8, 4) is 0 Å². The number of rotatable bonds is 8. The zero-order valence-corrected chi connectivity index (χ0v) is 16.7. The second-order valence-electron chi connectivity index (χ2n) is 6.13. The number of halogens is 2. The Morgan fingerprint density at radius 3 is 2.26 bits per heavy atom. The molecular weight excluding hydrogens is 391 g/mol. The van der Waals surface area contributed by atoms with E-state index in [-0.39, 0.29) is 11.7 Å². The van der Waals surface area contributed by atoms with Crippen molar-refractivity contribution in [3.63, 3.8) is 0 Å². The van der Waals surface area contributed by atoms with Crippen LogP contribution in [0.5, 0.6) is 0 Å². The molecule has 1 N–H and O–H groups in total. The molecule has 1 unspecified atom stereocenters. The summed E-state index contributed by atoms with van der Waals surface area (Å²) in [7, 11) is -3.68. The Labute approximate surface area is 164 Å². The molecule has 0 bridgehead atoms. The highest BCUT2D eigenvalue weighted by atomic mass is 35.5. The van der Waals surface area contributed by atoms with Crippen LogP contribution < -0.4 is 9.62 Å². The standard InChI is InChI=1S/C19H22ClFN2O3S/c1-3-18(19(24)22-13-12-14-4-8-16(21)9-5-14)23(27(2,25)26)17-10-6-15(20)7-11-17/h4-11,18H,3,12-13H2,1-2H3,(H,22,24). The Morgan fingerprint density at radius 1 is 1.15 bits per heavy atom. The number of benzene rings is 2. The molecule has 0 spiro atoms. The normalized spacial score (nSPS) is 12.4. The Balaban J connectivity index is 2.11. The predicted octanol–water partition coefficient (Wildman–Crippen LogP) is 3.38. The first kappa shape index (κ1) is 21.2. The first-order chi connectivity index (χ1) is 12.7. The van der Waals surface area contributed by atoms with Gasteiger partial charge in [0.2, 0.25) is 15.9 Å². The molecule has 0 fully saturated rings. The lowest BCUT2D eigenvalue weighted by atomic mass is 10.1. The maximum Gasteiger partial charge on any atom is 0.243 e. The van der Waals surface area contributed by atoms with Crippen molar-refractivity contribution in [2.24, 2.45) is 0 Å². The summed E-state index contributed by atoms with van der Waals surface area (Å²) in [5.74, 6) is -0.708. The van der Waals surface area contributed by atoms with Crippen LogP contribution in [-0.2, 0) is 21.2 Å². The third-order valence-corrected chi connectivity index (χ3v) is 5.47.